The number of halogens is 2. The predicted molar refractivity (Wildman–Crippen MR) is 122 cm³/mol. The van der Waals surface area contributed by atoms with Crippen LogP contribution in [0.25, 0.3) is 0 Å². The Kier molecular flexibility index (Phi) is 6.14. The molecule has 3 aromatic rings. The fraction of sp³-hybridized carbons (Fsp3) is 0.261. The molecule has 0 bridgehead atoms. The SMILES string of the molecule is COc1cnc(Nc2cc(N3CCCC3=O)ccc2C)n(Cc2ccc(F)c(Cl)c2)c1=O. The summed E-state index contributed by atoms with van der Waals surface area (Å²) < 4.78 is 20.1. The Labute approximate surface area is 189 Å². The molecule has 1 saturated heterocycles. The maximum atomic E-state index is 13.6. The summed E-state index contributed by atoms with van der Waals surface area (Å²) in [4.78, 5) is 31.2. The van der Waals surface area contributed by atoms with Crippen molar-refractivity contribution in [1.29, 1.82) is 0 Å². The van der Waals surface area contributed by atoms with E-state index < -0.39 is 11.4 Å². The van der Waals surface area contributed by atoms with Gasteiger partial charge in [0, 0.05) is 24.3 Å². The topological polar surface area (TPSA) is 76.5 Å². The molecule has 1 N–H and O–H groups in total. The van der Waals surface area contributed by atoms with Gasteiger partial charge in [0.15, 0.2) is 0 Å². The van der Waals surface area contributed by atoms with Gasteiger partial charge in [-0.25, -0.2) is 9.37 Å². The van der Waals surface area contributed by atoms with E-state index in [-0.39, 0.29) is 29.2 Å². The number of anilines is 3. The number of hydrogen-bond donors (Lipinski definition) is 1. The molecule has 1 fully saturated rings. The average Bonchev–Trinajstić information content (AvgIpc) is 3.20. The first-order valence-electron chi connectivity index (χ1n) is 10.1. The molecule has 166 valence electrons. The highest BCUT2D eigenvalue weighted by atomic mass is 35.5. The number of nitrogens with zero attached hydrogens (tertiary/aromatic N) is 3. The van der Waals surface area contributed by atoms with Crippen LogP contribution in [0.1, 0.15) is 24.0 Å². The lowest BCUT2D eigenvalue weighted by molar-refractivity contribution is -0.117. The van der Waals surface area contributed by atoms with Crippen LogP contribution in [-0.4, -0.2) is 29.1 Å². The molecule has 2 aromatic carbocycles. The molecular weight excluding hydrogens is 435 g/mol. The highest BCUT2D eigenvalue weighted by Gasteiger charge is 2.22. The average molecular weight is 457 g/mol. The molecule has 1 amide bonds. The molecule has 0 aliphatic carbocycles. The van der Waals surface area contributed by atoms with Crippen LogP contribution in [0.5, 0.6) is 5.75 Å². The lowest BCUT2D eigenvalue weighted by atomic mass is 10.1. The Hall–Kier alpha value is -3.39. The molecule has 2 heterocycles. The van der Waals surface area contributed by atoms with Crippen molar-refractivity contribution in [2.24, 2.45) is 0 Å². The summed E-state index contributed by atoms with van der Waals surface area (Å²) in [6.45, 7) is 2.70. The van der Waals surface area contributed by atoms with Gasteiger partial charge in [-0.15, -0.1) is 0 Å². The van der Waals surface area contributed by atoms with E-state index in [2.05, 4.69) is 10.3 Å². The van der Waals surface area contributed by atoms with E-state index in [9.17, 15) is 14.0 Å². The molecular formula is C23H22ClFN4O3. The van der Waals surface area contributed by atoms with E-state index in [0.717, 1.165) is 17.7 Å². The number of rotatable bonds is 6. The number of benzene rings is 2. The van der Waals surface area contributed by atoms with Crippen molar-refractivity contribution in [1.82, 2.24) is 9.55 Å². The number of amides is 1. The molecule has 0 spiro atoms. The summed E-state index contributed by atoms with van der Waals surface area (Å²) in [6, 6.07) is 9.96. The van der Waals surface area contributed by atoms with Gasteiger partial charge in [-0.05, 0) is 48.7 Å². The van der Waals surface area contributed by atoms with E-state index in [4.69, 9.17) is 16.3 Å². The maximum absolute atomic E-state index is 13.6. The summed E-state index contributed by atoms with van der Waals surface area (Å²) in [5.41, 5.74) is 2.65. The molecule has 0 saturated carbocycles. The van der Waals surface area contributed by atoms with Crippen LogP contribution < -0.4 is 20.5 Å². The number of aryl methyl sites for hydroxylation is 1. The fourth-order valence-corrected chi connectivity index (χ4v) is 3.84. The largest absolute Gasteiger partial charge is 0.490 e. The van der Waals surface area contributed by atoms with Crippen molar-refractivity contribution in [2.45, 2.75) is 26.3 Å². The number of carbonyl (C=O) groups is 1. The van der Waals surface area contributed by atoms with Crippen molar-refractivity contribution >= 4 is 34.8 Å². The van der Waals surface area contributed by atoms with Crippen LogP contribution >= 0.6 is 11.6 Å². The second-order valence-electron chi connectivity index (χ2n) is 7.56. The normalized spacial score (nSPS) is 13.5. The predicted octanol–water partition coefficient (Wildman–Crippen LogP) is 4.27. The third kappa shape index (κ3) is 4.31. The van der Waals surface area contributed by atoms with Gasteiger partial charge in [0.1, 0.15) is 5.82 Å². The summed E-state index contributed by atoms with van der Waals surface area (Å²) in [7, 11) is 1.39. The third-order valence-electron chi connectivity index (χ3n) is 5.41. The van der Waals surface area contributed by atoms with Crippen molar-refractivity contribution in [2.75, 3.05) is 23.9 Å². The minimum Gasteiger partial charge on any atom is -0.490 e. The smallest absolute Gasteiger partial charge is 0.297 e. The van der Waals surface area contributed by atoms with E-state index in [1.54, 1.807) is 11.0 Å². The Morgan fingerprint density at radius 1 is 1.22 bits per heavy atom. The van der Waals surface area contributed by atoms with Gasteiger partial charge < -0.3 is 15.0 Å². The standard InChI is InChI=1S/C23H22ClFN4O3/c1-14-5-7-16(28-9-3-4-21(28)30)11-19(14)27-23-26-12-20(32-2)22(31)29(23)13-15-6-8-18(25)17(24)10-15/h5-8,10-12H,3-4,9,13H2,1-2H3,(H,26,27). The second-order valence-corrected chi connectivity index (χ2v) is 7.97. The number of nitrogens with one attached hydrogen (secondary N) is 1. The molecule has 7 nitrogen and oxygen atoms in total. The van der Waals surface area contributed by atoms with Gasteiger partial charge in [0.05, 0.1) is 24.9 Å². The number of methoxy groups -OCH3 is 1. The number of aromatic nitrogens is 2. The Bertz CT molecular complexity index is 1240. The molecule has 32 heavy (non-hydrogen) atoms. The highest BCUT2D eigenvalue weighted by Crippen LogP contribution is 2.28. The fourth-order valence-electron chi connectivity index (χ4n) is 3.64. The van der Waals surface area contributed by atoms with Crippen molar-refractivity contribution in [3.05, 3.63) is 74.9 Å². The van der Waals surface area contributed by atoms with E-state index >= 15 is 0 Å². The van der Waals surface area contributed by atoms with Gasteiger partial charge in [0.2, 0.25) is 17.6 Å². The van der Waals surface area contributed by atoms with Gasteiger partial charge in [-0.1, -0.05) is 23.7 Å². The highest BCUT2D eigenvalue weighted by molar-refractivity contribution is 6.30. The minimum atomic E-state index is -0.534. The summed E-state index contributed by atoms with van der Waals surface area (Å²) >= 11 is 5.91. The van der Waals surface area contributed by atoms with Crippen LogP contribution in [0.2, 0.25) is 5.02 Å². The van der Waals surface area contributed by atoms with Gasteiger partial charge >= 0.3 is 0 Å². The second kappa shape index (κ2) is 9.00. The van der Waals surface area contributed by atoms with Crippen LogP contribution in [-0.2, 0) is 11.3 Å². The lowest BCUT2D eigenvalue weighted by Crippen LogP contribution is -2.26. The number of hydrogen-bond acceptors (Lipinski definition) is 5. The van der Waals surface area contributed by atoms with Gasteiger partial charge in [-0.2, -0.15) is 0 Å². The van der Waals surface area contributed by atoms with E-state index in [1.165, 1.54) is 30.0 Å². The van der Waals surface area contributed by atoms with E-state index in [0.29, 0.717) is 24.2 Å². The lowest BCUT2D eigenvalue weighted by Gasteiger charge is -2.20. The summed E-state index contributed by atoms with van der Waals surface area (Å²) in [6.07, 6.45) is 2.72. The zero-order chi connectivity index (χ0) is 22.8. The molecule has 0 atom stereocenters. The Morgan fingerprint density at radius 3 is 2.72 bits per heavy atom. The van der Waals surface area contributed by atoms with Crippen LogP contribution in [0, 0.1) is 12.7 Å². The van der Waals surface area contributed by atoms with E-state index in [1.807, 2.05) is 25.1 Å². The van der Waals surface area contributed by atoms with Gasteiger partial charge in [-0.3, -0.25) is 14.2 Å². The maximum Gasteiger partial charge on any atom is 0.297 e. The Morgan fingerprint density at radius 2 is 2.03 bits per heavy atom. The first kappa shape index (κ1) is 21.8. The van der Waals surface area contributed by atoms with Gasteiger partial charge in [0.25, 0.3) is 5.56 Å². The molecule has 4 rings (SSSR count). The zero-order valence-electron chi connectivity index (χ0n) is 17.7. The quantitative estimate of drug-likeness (QED) is 0.599. The molecule has 0 radical (unpaired) electrons. The number of carbonyl (C=O) groups excluding carboxylic acids is 1. The Balaban J connectivity index is 1.72. The van der Waals surface area contributed by atoms with Crippen LogP contribution in [0.15, 0.2) is 47.4 Å². The van der Waals surface area contributed by atoms with Crippen LogP contribution in [0.3, 0.4) is 0 Å². The molecule has 9 heteroatoms. The first-order chi connectivity index (χ1) is 15.4. The van der Waals surface area contributed by atoms with Crippen molar-refractivity contribution in [3.8, 4) is 5.75 Å². The monoisotopic (exact) mass is 456 g/mol. The zero-order valence-corrected chi connectivity index (χ0v) is 18.4. The van der Waals surface area contributed by atoms with Crippen molar-refractivity contribution < 1.29 is 13.9 Å². The molecule has 1 aliphatic rings. The number of ether oxygens (including phenoxy) is 1. The first-order valence-corrected chi connectivity index (χ1v) is 10.5. The molecule has 1 aliphatic heterocycles. The van der Waals surface area contributed by atoms with Crippen molar-refractivity contribution in [3.63, 3.8) is 0 Å². The summed E-state index contributed by atoms with van der Waals surface area (Å²) in [5, 5.41) is 3.18. The van der Waals surface area contributed by atoms with Crippen LogP contribution in [0.4, 0.5) is 21.7 Å². The minimum absolute atomic E-state index is 0.0280. The summed E-state index contributed by atoms with van der Waals surface area (Å²) in [5.74, 6) is -0.0811. The third-order valence-corrected chi connectivity index (χ3v) is 5.70. The molecule has 0 unspecified atom stereocenters. The molecule has 1 aromatic heterocycles.